The quantitative estimate of drug-likeness (QED) is 0.321. The lowest BCUT2D eigenvalue weighted by molar-refractivity contribution is -0.148. The van der Waals surface area contributed by atoms with E-state index in [1.54, 1.807) is 11.0 Å². The fraction of sp³-hybridized carbons (Fsp3) is 0.615. The zero-order valence-electron chi connectivity index (χ0n) is 20.9. The highest BCUT2D eigenvalue weighted by Gasteiger charge is 2.42. The molecule has 4 atom stereocenters. The van der Waals surface area contributed by atoms with E-state index in [1.807, 2.05) is 24.3 Å². The van der Waals surface area contributed by atoms with E-state index in [0.717, 1.165) is 23.1 Å². The van der Waals surface area contributed by atoms with Crippen LogP contribution in [0.4, 0.5) is 0 Å². The molecule has 2 heterocycles. The van der Waals surface area contributed by atoms with Crippen molar-refractivity contribution in [1.29, 1.82) is 0 Å². The van der Waals surface area contributed by atoms with Gasteiger partial charge in [0.2, 0.25) is 5.91 Å². The molecule has 4 unspecified atom stereocenters. The molecule has 0 aromatic heterocycles. The van der Waals surface area contributed by atoms with Gasteiger partial charge in [-0.25, -0.2) is 0 Å². The molecule has 0 saturated carbocycles. The molecule has 37 heavy (non-hydrogen) atoms. The Morgan fingerprint density at radius 3 is 2.70 bits per heavy atom. The van der Waals surface area contributed by atoms with Crippen LogP contribution in [0.25, 0.3) is 0 Å². The Labute approximate surface area is 231 Å². The Morgan fingerprint density at radius 2 is 2.00 bits per heavy atom. The van der Waals surface area contributed by atoms with Crippen molar-refractivity contribution in [3.63, 3.8) is 0 Å². The minimum absolute atomic E-state index is 0.112. The minimum Gasteiger partial charge on any atom is -0.482 e. The predicted octanol–water partition coefficient (Wildman–Crippen LogP) is 0.547. The molecule has 2 fully saturated rings. The third-order valence-corrected chi connectivity index (χ3v) is 7.85. The zero-order valence-corrected chi connectivity index (χ0v) is 23.0. The van der Waals surface area contributed by atoms with Crippen molar-refractivity contribution in [2.24, 2.45) is 0 Å². The maximum atomic E-state index is 13.7. The van der Waals surface area contributed by atoms with Crippen LogP contribution in [0.2, 0.25) is 0 Å². The molecule has 11 heteroatoms. The lowest BCUT2D eigenvalue weighted by Crippen LogP contribution is -2.58. The molecule has 204 valence electrons. The molecule has 2 aliphatic heterocycles. The number of hydrogen-bond acceptors (Lipinski definition) is 8. The molecular weight excluding hydrogens is 593 g/mol. The van der Waals surface area contributed by atoms with Crippen molar-refractivity contribution >= 4 is 34.4 Å². The molecule has 1 aromatic rings. The summed E-state index contributed by atoms with van der Waals surface area (Å²) in [5, 5.41) is 23.4. The van der Waals surface area contributed by atoms with Crippen LogP contribution < -0.4 is 10.1 Å². The Balaban J connectivity index is 1.60. The number of nitrogens with one attached hydrogen (secondary N) is 1. The summed E-state index contributed by atoms with van der Waals surface area (Å²) in [5.41, 5.74) is 0.413. The molecule has 1 aromatic carbocycles. The fourth-order valence-corrected chi connectivity index (χ4v) is 5.45. The molecule has 4 rings (SSSR count). The number of morpholine rings is 1. The van der Waals surface area contributed by atoms with Crippen LogP contribution in [0.3, 0.4) is 0 Å². The van der Waals surface area contributed by atoms with Crippen molar-refractivity contribution in [3.8, 4) is 5.75 Å². The molecule has 0 bridgehead atoms. The van der Waals surface area contributed by atoms with Gasteiger partial charge in [0.05, 0.1) is 29.4 Å². The fourth-order valence-electron chi connectivity index (χ4n) is 4.94. The molecule has 3 N–H and O–H groups in total. The first-order valence-electron chi connectivity index (χ1n) is 12.9. The summed E-state index contributed by atoms with van der Waals surface area (Å²) in [5.74, 6) is 0.0735. The normalized spacial score (nSPS) is 26.4. The van der Waals surface area contributed by atoms with Crippen molar-refractivity contribution in [1.82, 2.24) is 15.1 Å². The highest BCUT2D eigenvalue weighted by atomic mass is 127. The second kappa shape index (κ2) is 13.9. The number of ether oxygens (including phenoxy) is 3. The Kier molecular flexibility index (Phi) is 10.6. The van der Waals surface area contributed by atoms with E-state index in [2.05, 4.69) is 32.8 Å². The van der Waals surface area contributed by atoms with Gasteiger partial charge < -0.3 is 34.6 Å². The van der Waals surface area contributed by atoms with Gasteiger partial charge in [-0.05, 0) is 53.6 Å². The number of carbonyl (C=O) groups is 2. The van der Waals surface area contributed by atoms with Gasteiger partial charge in [-0.15, -0.1) is 0 Å². The summed E-state index contributed by atoms with van der Waals surface area (Å²) in [6, 6.07) is 6.77. The van der Waals surface area contributed by atoms with Crippen LogP contribution in [-0.2, 0) is 19.1 Å². The van der Waals surface area contributed by atoms with E-state index in [0.29, 0.717) is 50.7 Å². The second-order valence-corrected chi connectivity index (χ2v) is 10.6. The molecule has 0 radical (unpaired) electrons. The maximum Gasteiger partial charge on any atom is 0.252 e. The number of carbonyl (C=O) groups excluding carboxylic acids is 2. The number of aliphatic hydroxyl groups excluding tert-OH is 2. The first-order chi connectivity index (χ1) is 18.0. The third kappa shape index (κ3) is 7.42. The van der Waals surface area contributed by atoms with Crippen LogP contribution in [0, 0.1) is 3.57 Å². The zero-order chi connectivity index (χ0) is 26.2. The van der Waals surface area contributed by atoms with Gasteiger partial charge in [0.15, 0.2) is 0 Å². The Hall–Kier alpha value is -1.77. The monoisotopic (exact) mass is 629 g/mol. The van der Waals surface area contributed by atoms with E-state index >= 15 is 0 Å². The number of aliphatic hydroxyl groups is 2. The molecule has 1 aliphatic carbocycles. The number of rotatable bonds is 10. The summed E-state index contributed by atoms with van der Waals surface area (Å²) in [4.78, 5) is 30.6. The molecule has 2 saturated heterocycles. The second-order valence-electron chi connectivity index (χ2n) is 9.43. The predicted molar refractivity (Wildman–Crippen MR) is 144 cm³/mol. The SMILES string of the molecule is O=C(NCCO)C1=CC(Oc2ccccc2I)C(O)C(N(CCN2CCOCC2)C(=O)C2CCCO2)C1. The number of benzene rings is 1. The Morgan fingerprint density at radius 1 is 1.22 bits per heavy atom. The summed E-state index contributed by atoms with van der Waals surface area (Å²) in [6.07, 6.45) is 0.808. The number of halogens is 1. The topological polar surface area (TPSA) is 121 Å². The van der Waals surface area contributed by atoms with Gasteiger partial charge >= 0.3 is 0 Å². The minimum atomic E-state index is -1.06. The standard InChI is InChI=1S/C26H36IN3O7/c27-19-4-1-2-5-21(19)37-23-17-18(25(33)28-7-12-31)16-20(24(23)32)30(26(34)22-6-3-13-36-22)9-8-29-10-14-35-15-11-29/h1-2,4-5,17,20,22-24,31-32H,3,6-16H2,(H,28,33). The van der Waals surface area contributed by atoms with Crippen LogP contribution in [0.1, 0.15) is 19.3 Å². The molecule has 10 nitrogen and oxygen atoms in total. The first kappa shape index (κ1) is 28.2. The lowest BCUT2D eigenvalue weighted by Gasteiger charge is -2.42. The van der Waals surface area contributed by atoms with Crippen molar-refractivity contribution < 1.29 is 34.0 Å². The number of para-hydroxylation sites is 1. The highest BCUT2D eigenvalue weighted by Crippen LogP contribution is 2.30. The average Bonchev–Trinajstić information content (AvgIpc) is 3.46. The van der Waals surface area contributed by atoms with E-state index in [-0.39, 0.29) is 31.4 Å². The molecule has 0 spiro atoms. The van der Waals surface area contributed by atoms with Gasteiger partial charge in [0.1, 0.15) is 24.1 Å². The molecule has 2 amide bonds. The first-order valence-corrected chi connectivity index (χ1v) is 14.0. The van der Waals surface area contributed by atoms with Crippen LogP contribution in [0.15, 0.2) is 35.9 Å². The number of hydrogen-bond donors (Lipinski definition) is 3. The van der Waals surface area contributed by atoms with Gasteiger partial charge in [0, 0.05) is 51.3 Å². The summed E-state index contributed by atoms with van der Waals surface area (Å²) in [7, 11) is 0. The van der Waals surface area contributed by atoms with E-state index < -0.39 is 24.4 Å². The van der Waals surface area contributed by atoms with Gasteiger partial charge in [-0.1, -0.05) is 12.1 Å². The number of nitrogens with zero attached hydrogens (tertiary/aromatic N) is 2. The maximum absolute atomic E-state index is 13.7. The smallest absolute Gasteiger partial charge is 0.252 e. The van der Waals surface area contributed by atoms with Crippen molar-refractivity contribution in [2.75, 3.05) is 59.2 Å². The van der Waals surface area contributed by atoms with E-state index in [9.17, 15) is 19.8 Å². The average molecular weight is 629 g/mol. The van der Waals surface area contributed by atoms with E-state index in [1.165, 1.54) is 0 Å². The Bertz CT molecular complexity index is 950. The summed E-state index contributed by atoms with van der Waals surface area (Å²) < 4.78 is 18.2. The van der Waals surface area contributed by atoms with Gasteiger partial charge in [0.25, 0.3) is 5.91 Å². The molecule has 3 aliphatic rings. The largest absolute Gasteiger partial charge is 0.482 e. The number of amides is 2. The summed E-state index contributed by atoms with van der Waals surface area (Å²) in [6.45, 7) is 4.34. The highest BCUT2D eigenvalue weighted by molar-refractivity contribution is 14.1. The van der Waals surface area contributed by atoms with Gasteiger partial charge in [-0.3, -0.25) is 14.5 Å². The van der Waals surface area contributed by atoms with E-state index in [4.69, 9.17) is 14.2 Å². The summed E-state index contributed by atoms with van der Waals surface area (Å²) >= 11 is 2.16. The lowest BCUT2D eigenvalue weighted by atomic mass is 9.87. The van der Waals surface area contributed by atoms with Crippen molar-refractivity contribution in [2.45, 2.75) is 43.6 Å². The van der Waals surface area contributed by atoms with Gasteiger partial charge in [-0.2, -0.15) is 0 Å². The third-order valence-electron chi connectivity index (χ3n) is 6.96. The van der Waals surface area contributed by atoms with Crippen LogP contribution in [0.5, 0.6) is 5.75 Å². The van der Waals surface area contributed by atoms with Crippen LogP contribution >= 0.6 is 22.6 Å². The van der Waals surface area contributed by atoms with Crippen molar-refractivity contribution in [3.05, 3.63) is 39.5 Å². The molecular formula is C26H36IN3O7. The van der Waals surface area contributed by atoms with Crippen LogP contribution in [-0.4, -0.2) is 115 Å².